The molecule has 4 heterocycles. The van der Waals surface area contributed by atoms with Crippen LogP contribution in [-0.2, 0) is 13.0 Å². The van der Waals surface area contributed by atoms with Crippen LogP contribution in [0.5, 0.6) is 0 Å². The first kappa shape index (κ1) is 17.0. The quantitative estimate of drug-likeness (QED) is 0.711. The van der Waals surface area contributed by atoms with Gasteiger partial charge in [-0.1, -0.05) is 36.4 Å². The lowest BCUT2D eigenvalue weighted by molar-refractivity contribution is 0.0451. The first-order valence-corrected chi connectivity index (χ1v) is 10.2. The molecule has 0 spiro atoms. The van der Waals surface area contributed by atoms with E-state index in [4.69, 9.17) is 4.98 Å². The number of pyridine rings is 1. The Labute approximate surface area is 161 Å². The zero-order chi connectivity index (χ0) is 18.2. The number of aryl methyl sites for hydroxylation is 1. The van der Waals surface area contributed by atoms with E-state index in [2.05, 4.69) is 75.9 Å². The number of aromatic nitrogens is 2. The summed E-state index contributed by atoms with van der Waals surface area (Å²) in [4.78, 5) is 10.3. The van der Waals surface area contributed by atoms with E-state index < -0.39 is 0 Å². The van der Waals surface area contributed by atoms with Crippen LogP contribution in [-0.4, -0.2) is 50.9 Å². The Hall–Kier alpha value is -2.17. The Kier molecular flexibility index (Phi) is 4.46. The van der Waals surface area contributed by atoms with Crippen molar-refractivity contribution in [3.63, 3.8) is 0 Å². The molecule has 0 unspecified atom stereocenters. The van der Waals surface area contributed by atoms with Gasteiger partial charge in [-0.3, -0.25) is 9.80 Å². The molecule has 2 aromatic heterocycles. The lowest BCUT2D eigenvalue weighted by Crippen LogP contribution is -2.56. The maximum Gasteiger partial charge on any atom is 0.110 e. The van der Waals surface area contributed by atoms with E-state index in [9.17, 15) is 0 Å². The van der Waals surface area contributed by atoms with Gasteiger partial charge < -0.3 is 4.40 Å². The number of fused-ring (bicyclic) bond motifs is 2. The maximum atomic E-state index is 4.92. The molecule has 0 amide bonds. The number of piperazine rings is 1. The van der Waals surface area contributed by atoms with Crippen molar-refractivity contribution in [2.75, 3.05) is 19.6 Å². The van der Waals surface area contributed by atoms with Crippen molar-refractivity contribution in [3.8, 4) is 0 Å². The van der Waals surface area contributed by atoms with Gasteiger partial charge >= 0.3 is 0 Å². The van der Waals surface area contributed by atoms with Crippen molar-refractivity contribution >= 4 is 5.52 Å². The first-order chi connectivity index (χ1) is 13.3. The second-order valence-electron chi connectivity index (χ2n) is 8.13. The minimum Gasteiger partial charge on any atom is -0.304 e. The average molecular weight is 361 g/mol. The fourth-order valence-electron chi connectivity index (χ4n) is 5.00. The highest BCUT2D eigenvalue weighted by Gasteiger charge is 2.36. The summed E-state index contributed by atoms with van der Waals surface area (Å²) >= 11 is 0. The van der Waals surface area contributed by atoms with Crippen LogP contribution in [0.4, 0.5) is 0 Å². The standard InChI is InChI=1S/C23H28N4/c1-18-24-22(23-11-5-6-13-27(18)23)17-26-15-20-10-7-12-25(20)16-21(26)14-19-8-3-2-4-9-19/h2-6,8-9,11,13,20-21H,7,10,12,14-17H2,1H3/t20-,21-/m0/s1. The topological polar surface area (TPSA) is 23.8 Å². The van der Waals surface area contributed by atoms with Crippen molar-refractivity contribution in [2.24, 2.45) is 0 Å². The van der Waals surface area contributed by atoms with Gasteiger partial charge in [0.25, 0.3) is 0 Å². The van der Waals surface area contributed by atoms with E-state index in [0.717, 1.165) is 24.8 Å². The Bertz CT molecular complexity index is 917. The molecule has 3 aromatic rings. The molecule has 5 rings (SSSR count). The lowest BCUT2D eigenvalue weighted by atomic mass is 9.99. The molecular weight excluding hydrogens is 332 g/mol. The highest BCUT2D eigenvalue weighted by atomic mass is 15.3. The largest absolute Gasteiger partial charge is 0.304 e. The third kappa shape index (κ3) is 3.28. The van der Waals surface area contributed by atoms with Crippen LogP contribution < -0.4 is 0 Å². The van der Waals surface area contributed by atoms with Gasteiger partial charge in [0.1, 0.15) is 5.82 Å². The zero-order valence-electron chi connectivity index (χ0n) is 16.1. The van der Waals surface area contributed by atoms with Gasteiger partial charge in [0, 0.05) is 37.9 Å². The maximum absolute atomic E-state index is 4.92. The molecule has 2 fully saturated rings. The van der Waals surface area contributed by atoms with Crippen LogP contribution in [0, 0.1) is 6.92 Å². The van der Waals surface area contributed by atoms with Crippen molar-refractivity contribution < 1.29 is 0 Å². The van der Waals surface area contributed by atoms with Crippen LogP contribution in [0.2, 0.25) is 0 Å². The second-order valence-corrected chi connectivity index (χ2v) is 8.13. The molecule has 0 aliphatic carbocycles. The van der Waals surface area contributed by atoms with Gasteiger partial charge in [0.05, 0.1) is 11.2 Å². The van der Waals surface area contributed by atoms with Crippen molar-refractivity contribution in [1.82, 2.24) is 19.2 Å². The number of benzene rings is 1. The molecule has 0 radical (unpaired) electrons. The molecular formula is C23H28N4. The molecule has 1 aromatic carbocycles. The van der Waals surface area contributed by atoms with Gasteiger partial charge in [-0.15, -0.1) is 0 Å². The molecule has 2 aliphatic heterocycles. The van der Waals surface area contributed by atoms with Gasteiger partial charge in [0.15, 0.2) is 0 Å². The molecule has 27 heavy (non-hydrogen) atoms. The summed E-state index contributed by atoms with van der Waals surface area (Å²) in [5, 5.41) is 0. The average Bonchev–Trinajstić information content (AvgIpc) is 3.27. The zero-order valence-corrected chi connectivity index (χ0v) is 16.1. The second kappa shape index (κ2) is 7.10. The predicted molar refractivity (Wildman–Crippen MR) is 109 cm³/mol. The van der Waals surface area contributed by atoms with Gasteiger partial charge in [-0.05, 0) is 50.4 Å². The normalized spacial score (nSPS) is 23.7. The minimum absolute atomic E-state index is 0.558. The van der Waals surface area contributed by atoms with Crippen molar-refractivity contribution in [3.05, 3.63) is 71.8 Å². The number of hydrogen-bond acceptors (Lipinski definition) is 3. The van der Waals surface area contributed by atoms with Gasteiger partial charge in [0.2, 0.25) is 0 Å². The Balaban J connectivity index is 1.43. The number of hydrogen-bond donors (Lipinski definition) is 0. The van der Waals surface area contributed by atoms with E-state index in [1.807, 2.05) is 0 Å². The fourth-order valence-corrected chi connectivity index (χ4v) is 5.00. The van der Waals surface area contributed by atoms with Gasteiger partial charge in [-0.2, -0.15) is 0 Å². The summed E-state index contributed by atoms with van der Waals surface area (Å²) in [5.74, 6) is 1.08. The summed E-state index contributed by atoms with van der Waals surface area (Å²) < 4.78 is 2.22. The first-order valence-electron chi connectivity index (χ1n) is 10.2. The molecule has 4 nitrogen and oxygen atoms in total. The van der Waals surface area contributed by atoms with E-state index in [1.165, 1.54) is 49.2 Å². The summed E-state index contributed by atoms with van der Waals surface area (Å²) in [6.45, 7) is 6.68. The van der Waals surface area contributed by atoms with Crippen molar-refractivity contribution in [2.45, 2.75) is 44.8 Å². The Morgan fingerprint density at radius 3 is 2.78 bits per heavy atom. The molecule has 2 aliphatic rings. The highest BCUT2D eigenvalue weighted by Crippen LogP contribution is 2.28. The number of rotatable bonds is 4. The van der Waals surface area contributed by atoms with Crippen LogP contribution in [0.3, 0.4) is 0 Å². The Morgan fingerprint density at radius 1 is 1.04 bits per heavy atom. The third-order valence-corrected chi connectivity index (χ3v) is 6.37. The minimum atomic E-state index is 0.558. The van der Waals surface area contributed by atoms with Crippen LogP contribution in [0.25, 0.3) is 5.52 Å². The molecule has 0 bridgehead atoms. The number of imidazole rings is 1. The predicted octanol–water partition coefficient (Wildman–Crippen LogP) is 3.53. The molecule has 0 N–H and O–H groups in total. The lowest BCUT2D eigenvalue weighted by Gasteiger charge is -2.43. The summed E-state index contributed by atoms with van der Waals surface area (Å²) in [6, 6.07) is 18.7. The molecule has 2 atom stereocenters. The SMILES string of the molecule is Cc1nc(CN2C[C@@H]3CCCN3C[C@@H]2Cc2ccccc2)c2ccccn12. The summed E-state index contributed by atoms with van der Waals surface area (Å²) in [5.41, 5.74) is 3.91. The monoisotopic (exact) mass is 360 g/mol. The van der Waals surface area contributed by atoms with Gasteiger partial charge in [-0.25, -0.2) is 4.98 Å². The van der Waals surface area contributed by atoms with E-state index in [1.54, 1.807) is 0 Å². The summed E-state index contributed by atoms with van der Waals surface area (Å²) in [6.07, 6.45) is 5.94. The van der Waals surface area contributed by atoms with Crippen LogP contribution in [0.1, 0.15) is 29.9 Å². The van der Waals surface area contributed by atoms with Crippen molar-refractivity contribution in [1.29, 1.82) is 0 Å². The highest BCUT2D eigenvalue weighted by molar-refractivity contribution is 5.53. The van der Waals surface area contributed by atoms with E-state index >= 15 is 0 Å². The van der Waals surface area contributed by atoms with E-state index in [-0.39, 0.29) is 0 Å². The van der Waals surface area contributed by atoms with Crippen LogP contribution in [0.15, 0.2) is 54.7 Å². The molecule has 0 saturated carbocycles. The third-order valence-electron chi connectivity index (χ3n) is 6.37. The Morgan fingerprint density at radius 2 is 1.89 bits per heavy atom. The number of nitrogens with zero attached hydrogens (tertiary/aromatic N) is 4. The molecule has 4 heteroatoms. The summed E-state index contributed by atoms with van der Waals surface area (Å²) in [7, 11) is 0. The smallest absolute Gasteiger partial charge is 0.110 e. The van der Waals surface area contributed by atoms with E-state index in [0.29, 0.717) is 6.04 Å². The molecule has 2 saturated heterocycles. The molecule has 140 valence electrons. The fraction of sp³-hybridized carbons (Fsp3) is 0.435. The van der Waals surface area contributed by atoms with Crippen LogP contribution >= 0.6 is 0 Å².